The second-order valence-corrected chi connectivity index (χ2v) is 7.23. The topological polar surface area (TPSA) is 64.4 Å². The first-order chi connectivity index (χ1) is 11.4. The summed E-state index contributed by atoms with van der Waals surface area (Å²) in [4.78, 5) is 0. The van der Waals surface area contributed by atoms with E-state index in [0.29, 0.717) is 37.6 Å². The molecule has 0 saturated heterocycles. The van der Waals surface area contributed by atoms with Crippen LogP contribution < -0.4 is 9.46 Å². The fraction of sp³-hybridized carbons (Fsp3) is 0.133. The molecule has 3 rings (SSSR count). The number of rotatable bonds is 5. The van der Waals surface area contributed by atoms with Gasteiger partial charge in [0.25, 0.3) is 0 Å². The highest BCUT2D eigenvalue weighted by atomic mass is 35.5. The average Bonchev–Trinajstić information content (AvgIpc) is 2.89. The quantitative estimate of drug-likeness (QED) is 0.643. The van der Waals surface area contributed by atoms with E-state index in [-0.39, 0.29) is 6.61 Å². The average molecular weight is 406 g/mol. The lowest BCUT2D eigenvalue weighted by molar-refractivity contribution is 0.306. The Morgan fingerprint density at radius 2 is 1.96 bits per heavy atom. The Balaban J connectivity index is 1.83. The van der Waals surface area contributed by atoms with Gasteiger partial charge in [-0.1, -0.05) is 40.0 Å². The summed E-state index contributed by atoms with van der Waals surface area (Å²) in [5.74, 6) is 0.951. The van der Waals surface area contributed by atoms with Gasteiger partial charge in [-0.25, -0.2) is 4.21 Å². The number of benzene rings is 2. The van der Waals surface area contributed by atoms with Crippen LogP contribution in [0, 0.1) is 0 Å². The van der Waals surface area contributed by atoms with Gasteiger partial charge in [0.15, 0.2) is 11.4 Å². The zero-order valence-corrected chi connectivity index (χ0v) is 15.4. The largest absolute Gasteiger partial charge is 0.489 e. The van der Waals surface area contributed by atoms with Gasteiger partial charge in [0, 0.05) is 22.9 Å². The van der Waals surface area contributed by atoms with E-state index in [2.05, 4.69) is 9.88 Å². The third-order valence-corrected chi connectivity index (χ3v) is 4.74. The fourth-order valence-corrected chi connectivity index (χ4v) is 2.97. The van der Waals surface area contributed by atoms with Crippen molar-refractivity contribution in [1.29, 1.82) is 0 Å². The van der Waals surface area contributed by atoms with Crippen molar-refractivity contribution >= 4 is 62.6 Å². The number of hydrogen-bond donors (Lipinski definition) is 1. The lowest BCUT2D eigenvalue weighted by Crippen LogP contribution is -2.01. The molecule has 0 spiro atoms. The van der Waals surface area contributed by atoms with Crippen LogP contribution in [0.15, 0.2) is 34.9 Å². The molecule has 0 radical (unpaired) electrons. The van der Waals surface area contributed by atoms with Gasteiger partial charge < -0.3 is 9.26 Å². The van der Waals surface area contributed by atoms with Crippen LogP contribution in [0.25, 0.3) is 11.0 Å². The summed E-state index contributed by atoms with van der Waals surface area (Å²) in [6, 6.07) is 8.42. The van der Waals surface area contributed by atoms with Crippen molar-refractivity contribution in [2.75, 3.05) is 11.0 Å². The molecule has 1 N–H and O–H groups in total. The number of aromatic nitrogens is 1. The molecule has 0 bridgehead atoms. The third-order valence-electron chi connectivity index (χ3n) is 3.16. The van der Waals surface area contributed by atoms with Gasteiger partial charge in [0.05, 0.1) is 15.4 Å². The first-order valence-corrected chi connectivity index (χ1v) is 9.39. The predicted molar refractivity (Wildman–Crippen MR) is 97.5 cm³/mol. The zero-order chi connectivity index (χ0) is 17.3. The Morgan fingerprint density at radius 1 is 1.17 bits per heavy atom. The van der Waals surface area contributed by atoms with Crippen molar-refractivity contribution in [1.82, 2.24) is 5.16 Å². The molecular formula is C15H11Cl3N2O3S. The van der Waals surface area contributed by atoms with Crippen molar-refractivity contribution in [3.05, 3.63) is 51.0 Å². The number of hydrogen-bond acceptors (Lipinski definition) is 4. The summed E-state index contributed by atoms with van der Waals surface area (Å²) < 4.78 is 24.9. The van der Waals surface area contributed by atoms with E-state index in [4.69, 9.17) is 44.1 Å². The predicted octanol–water partition coefficient (Wildman–Crippen LogP) is 5.07. The highest BCUT2D eigenvalue weighted by Crippen LogP contribution is 2.31. The minimum atomic E-state index is -1.26. The van der Waals surface area contributed by atoms with E-state index in [1.165, 1.54) is 6.26 Å². The van der Waals surface area contributed by atoms with E-state index in [1.54, 1.807) is 30.3 Å². The van der Waals surface area contributed by atoms with Gasteiger partial charge in [0.1, 0.15) is 23.3 Å². The second kappa shape index (κ2) is 7.19. The highest BCUT2D eigenvalue weighted by Gasteiger charge is 2.13. The molecule has 0 aliphatic rings. The van der Waals surface area contributed by atoms with Crippen molar-refractivity contribution in [3.63, 3.8) is 0 Å². The van der Waals surface area contributed by atoms with Crippen LogP contribution in [0.2, 0.25) is 15.1 Å². The lowest BCUT2D eigenvalue weighted by atomic mass is 10.2. The molecule has 1 heterocycles. The maximum absolute atomic E-state index is 11.3. The van der Waals surface area contributed by atoms with Gasteiger partial charge in [-0.3, -0.25) is 4.72 Å². The zero-order valence-electron chi connectivity index (χ0n) is 12.3. The Hall–Kier alpha value is -1.47. The normalized spacial score (nSPS) is 12.3. The molecule has 0 saturated carbocycles. The van der Waals surface area contributed by atoms with Crippen molar-refractivity contribution in [2.45, 2.75) is 6.61 Å². The highest BCUT2D eigenvalue weighted by molar-refractivity contribution is 7.85. The summed E-state index contributed by atoms with van der Waals surface area (Å²) in [5.41, 5.74) is 1.23. The van der Waals surface area contributed by atoms with Crippen LogP contribution in [0.1, 0.15) is 5.56 Å². The van der Waals surface area contributed by atoms with Gasteiger partial charge >= 0.3 is 0 Å². The molecule has 0 amide bonds. The second-order valence-electron chi connectivity index (χ2n) is 4.89. The van der Waals surface area contributed by atoms with Gasteiger partial charge in [-0.15, -0.1) is 0 Å². The summed E-state index contributed by atoms with van der Waals surface area (Å²) in [5, 5.41) is 5.84. The van der Waals surface area contributed by atoms with Gasteiger partial charge in [0.2, 0.25) is 0 Å². The van der Waals surface area contributed by atoms with Crippen LogP contribution in [0.3, 0.4) is 0 Å². The molecule has 126 valence electrons. The maximum Gasteiger partial charge on any atom is 0.189 e. The molecule has 5 nitrogen and oxygen atoms in total. The first kappa shape index (κ1) is 17.4. The van der Waals surface area contributed by atoms with Gasteiger partial charge in [-0.05, 0) is 24.3 Å². The van der Waals surface area contributed by atoms with Crippen LogP contribution in [0.4, 0.5) is 5.82 Å². The van der Waals surface area contributed by atoms with Crippen molar-refractivity contribution < 1.29 is 13.5 Å². The molecule has 0 fully saturated rings. The smallest absolute Gasteiger partial charge is 0.189 e. The van der Waals surface area contributed by atoms with Crippen LogP contribution >= 0.6 is 34.8 Å². The van der Waals surface area contributed by atoms with Crippen LogP contribution in [-0.4, -0.2) is 15.6 Å². The number of anilines is 1. The Labute approximate surface area is 155 Å². The molecule has 24 heavy (non-hydrogen) atoms. The molecule has 0 aliphatic heterocycles. The standard InChI is InChI=1S/C15H11Cl3N2O3S/c1-24(21)20-15-10-6-12(17)8(4-14(10)23-19-15)7-22-9-2-3-11(16)13(18)5-9/h2-6H,7H2,1H3,(H,19,20). The Kier molecular flexibility index (Phi) is 5.20. The minimum absolute atomic E-state index is 0.218. The molecular weight excluding hydrogens is 395 g/mol. The number of halogens is 3. The molecule has 2 aromatic carbocycles. The summed E-state index contributed by atoms with van der Waals surface area (Å²) >= 11 is 18.1. The minimum Gasteiger partial charge on any atom is -0.489 e. The molecule has 9 heteroatoms. The van der Waals surface area contributed by atoms with E-state index < -0.39 is 11.0 Å². The molecule has 0 aliphatic carbocycles. The van der Waals surface area contributed by atoms with Gasteiger partial charge in [-0.2, -0.15) is 0 Å². The number of fused-ring (bicyclic) bond motifs is 1. The fourth-order valence-electron chi connectivity index (χ4n) is 2.05. The summed E-state index contributed by atoms with van der Waals surface area (Å²) in [7, 11) is -1.26. The van der Waals surface area contributed by atoms with Crippen LogP contribution in [-0.2, 0) is 17.6 Å². The molecule has 1 unspecified atom stereocenters. The molecule has 1 atom stereocenters. The van der Waals surface area contributed by atoms with E-state index >= 15 is 0 Å². The van der Waals surface area contributed by atoms with E-state index in [1.807, 2.05) is 0 Å². The Morgan fingerprint density at radius 3 is 2.67 bits per heavy atom. The maximum atomic E-state index is 11.3. The number of nitrogens with one attached hydrogen (secondary N) is 1. The summed E-state index contributed by atoms with van der Waals surface area (Å²) in [6.07, 6.45) is 1.50. The monoisotopic (exact) mass is 404 g/mol. The van der Waals surface area contributed by atoms with E-state index in [0.717, 1.165) is 5.56 Å². The first-order valence-electron chi connectivity index (χ1n) is 6.70. The van der Waals surface area contributed by atoms with E-state index in [9.17, 15) is 4.21 Å². The third kappa shape index (κ3) is 3.78. The van der Waals surface area contributed by atoms with Crippen molar-refractivity contribution in [3.8, 4) is 5.75 Å². The van der Waals surface area contributed by atoms with Crippen LogP contribution in [0.5, 0.6) is 5.75 Å². The summed E-state index contributed by atoms with van der Waals surface area (Å²) in [6.45, 7) is 0.218. The Bertz CT molecular complexity index is 930. The molecule has 3 aromatic rings. The van der Waals surface area contributed by atoms with Crippen molar-refractivity contribution in [2.24, 2.45) is 0 Å². The SMILES string of the molecule is CS(=O)Nc1noc2cc(COc3ccc(Cl)c(Cl)c3)c(Cl)cc12. The number of nitrogens with zero attached hydrogens (tertiary/aromatic N) is 1. The molecule has 1 aromatic heterocycles. The number of ether oxygens (including phenoxy) is 1. The lowest BCUT2D eigenvalue weighted by Gasteiger charge is -2.09.